The van der Waals surface area contributed by atoms with Gasteiger partial charge >= 0.3 is 0 Å². The van der Waals surface area contributed by atoms with Crippen molar-refractivity contribution in [3.05, 3.63) is 29.8 Å². The van der Waals surface area contributed by atoms with Crippen molar-refractivity contribution in [3.63, 3.8) is 0 Å². The van der Waals surface area contributed by atoms with E-state index in [1.54, 1.807) is 7.11 Å². The van der Waals surface area contributed by atoms with Gasteiger partial charge in [-0.15, -0.1) is 0 Å². The van der Waals surface area contributed by atoms with Gasteiger partial charge in [-0.3, -0.25) is 0 Å². The molecule has 2 N–H and O–H groups in total. The Kier molecular flexibility index (Phi) is 8.43. The van der Waals surface area contributed by atoms with Gasteiger partial charge in [0.15, 0.2) is 0 Å². The van der Waals surface area contributed by atoms with Crippen LogP contribution in [0.1, 0.15) is 65.4 Å². The normalized spacial score (nSPS) is 23.6. The Hall–Kier alpha value is -1.06. The van der Waals surface area contributed by atoms with E-state index in [9.17, 15) is 0 Å². The van der Waals surface area contributed by atoms with E-state index in [4.69, 9.17) is 9.47 Å². The fraction of sp³-hybridized carbons (Fsp3) is 0.739. The van der Waals surface area contributed by atoms with Crippen molar-refractivity contribution < 1.29 is 14.8 Å². The zero-order valence-electron chi connectivity index (χ0n) is 17.6. The number of rotatable bonds is 10. The first-order chi connectivity index (χ1) is 12.4. The van der Waals surface area contributed by atoms with Crippen molar-refractivity contribution >= 4 is 0 Å². The topological polar surface area (TPSA) is 35.1 Å². The molecule has 1 aromatic carbocycles. The van der Waals surface area contributed by atoms with Gasteiger partial charge in [0.1, 0.15) is 12.3 Å². The lowest BCUT2D eigenvalue weighted by atomic mass is 9.69. The van der Waals surface area contributed by atoms with E-state index in [2.05, 4.69) is 57.3 Å². The molecule has 3 nitrogen and oxygen atoms in total. The summed E-state index contributed by atoms with van der Waals surface area (Å²) in [6.07, 6.45) is 6.92. The number of hydrogen-bond acceptors (Lipinski definition) is 2. The maximum Gasteiger partial charge on any atom is 0.118 e. The van der Waals surface area contributed by atoms with Gasteiger partial charge in [0.05, 0.1) is 19.8 Å². The molecule has 1 aromatic rings. The van der Waals surface area contributed by atoms with E-state index in [0.29, 0.717) is 17.4 Å². The van der Waals surface area contributed by atoms with Crippen LogP contribution in [0, 0.1) is 17.3 Å². The van der Waals surface area contributed by atoms with Crippen molar-refractivity contribution in [2.24, 2.45) is 17.3 Å². The van der Waals surface area contributed by atoms with Gasteiger partial charge in [0.25, 0.3) is 0 Å². The Bertz CT molecular complexity index is 511. The second-order valence-corrected chi connectivity index (χ2v) is 8.92. The first-order valence-corrected chi connectivity index (χ1v) is 10.5. The minimum Gasteiger partial charge on any atom is -0.497 e. The average molecular weight is 363 g/mol. The zero-order chi connectivity index (χ0) is 19.0. The molecule has 1 heterocycles. The van der Waals surface area contributed by atoms with Gasteiger partial charge in [-0.1, -0.05) is 34.1 Å². The molecular formula is C23H40NO2+. The van der Waals surface area contributed by atoms with Crippen molar-refractivity contribution in [2.45, 2.75) is 72.4 Å². The lowest BCUT2D eigenvalue weighted by Crippen LogP contribution is -2.83. The van der Waals surface area contributed by atoms with E-state index in [-0.39, 0.29) is 0 Å². The molecule has 1 fully saturated rings. The minimum absolute atomic E-state index is 0.442. The molecule has 2 atom stereocenters. The van der Waals surface area contributed by atoms with Gasteiger partial charge in [0.2, 0.25) is 0 Å². The second kappa shape index (κ2) is 10.3. The Labute approximate surface area is 160 Å². The molecule has 3 heteroatoms. The first-order valence-electron chi connectivity index (χ1n) is 10.5. The monoisotopic (exact) mass is 362 g/mol. The van der Waals surface area contributed by atoms with Gasteiger partial charge in [0, 0.05) is 18.6 Å². The molecule has 0 spiro atoms. The summed E-state index contributed by atoms with van der Waals surface area (Å²) in [5.74, 6) is 2.34. The van der Waals surface area contributed by atoms with Gasteiger partial charge in [-0.05, 0) is 60.8 Å². The van der Waals surface area contributed by atoms with E-state index in [1.807, 2.05) is 0 Å². The molecule has 0 saturated carbocycles. The Morgan fingerprint density at radius 3 is 2.50 bits per heavy atom. The van der Waals surface area contributed by atoms with Crippen LogP contribution in [0.2, 0.25) is 0 Å². The third kappa shape index (κ3) is 6.59. The van der Waals surface area contributed by atoms with Crippen molar-refractivity contribution in [3.8, 4) is 5.75 Å². The van der Waals surface area contributed by atoms with E-state index in [0.717, 1.165) is 24.8 Å². The van der Waals surface area contributed by atoms with Crippen LogP contribution < -0.4 is 10.1 Å². The van der Waals surface area contributed by atoms with Crippen molar-refractivity contribution in [2.75, 3.05) is 20.3 Å². The van der Waals surface area contributed by atoms with Gasteiger partial charge in [-0.2, -0.15) is 0 Å². The molecule has 2 rings (SSSR count). The van der Waals surface area contributed by atoms with E-state index >= 15 is 0 Å². The van der Waals surface area contributed by atoms with Crippen LogP contribution in [0.3, 0.4) is 0 Å². The largest absolute Gasteiger partial charge is 0.497 e. The van der Waals surface area contributed by atoms with Gasteiger partial charge in [-0.25, -0.2) is 0 Å². The molecule has 1 aliphatic heterocycles. The lowest BCUT2D eigenvalue weighted by Gasteiger charge is -2.42. The summed E-state index contributed by atoms with van der Waals surface area (Å²) < 4.78 is 11.3. The smallest absolute Gasteiger partial charge is 0.118 e. The predicted octanol–water partition coefficient (Wildman–Crippen LogP) is 4.41. The van der Waals surface area contributed by atoms with Crippen LogP contribution in [0.4, 0.5) is 0 Å². The Balaban J connectivity index is 1.87. The highest BCUT2D eigenvalue weighted by Gasteiger charge is 2.37. The highest BCUT2D eigenvalue weighted by molar-refractivity contribution is 5.26. The van der Waals surface area contributed by atoms with Crippen LogP contribution in [0.25, 0.3) is 0 Å². The molecule has 0 aliphatic carbocycles. The zero-order valence-corrected chi connectivity index (χ0v) is 17.6. The number of methoxy groups -OCH3 is 1. The molecule has 0 unspecified atom stereocenters. The fourth-order valence-corrected chi connectivity index (χ4v) is 4.06. The highest BCUT2D eigenvalue weighted by atomic mass is 16.5. The van der Waals surface area contributed by atoms with Crippen LogP contribution in [-0.2, 0) is 11.3 Å². The highest BCUT2D eigenvalue weighted by Crippen LogP contribution is 2.43. The lowest BCUT2D eigenvalue weighted by molar-refractivity contribution is -0.672. The van der Waals surface area contributed by atoms with Gasteiger partial charge < -0.3 is 14.8 Å². The summed E-state index contributed by atoms with van der Waals surface area (Å²) in [4.78, 5) is 0. The second-order valence-electron chi connectivity index (χ2n) is 8.92. The van der Waals surface area contributed by atoms with Crippen molar-refractivity contribution in [1.29, 1.82) is 0 Å². The fourth-order valence-electron chi connectivity index (χ4n) is 4.06. The summed E-state index contributed by atoms with van der Waals surface area (Å²) in [5, 5.41) is 2.47. The first kappa shape index (κ1) is 21.2. The Morgan fingerprint density at radius 1 is 1.15 bits per heavy atom. The number of hydrogen-bond donors (Lipinski definition) is 1. The third-order valence-corrected chi connectivity index (χ3v) is 6.01. The number of benzene rings is 1. The third-order valence-electron chi connectivity index (χ3n) is 6.01. The Morgan fingerprint density at radius 2 is 1.88 bits per heavy atom. The number of nitrogens with two attached hydrogens (primary N) is 1. The van der Waals surface area contributed by atoms with Crippen LogP contribution in [-0.4, -0.2) is 26.4 Å². The summed E-state index contributed by atoms with van der Waals surface area (Å²) in [6.45, 7) is 12.5. The standard InChI is InChI=1S/C23H39NO2/c1-18(2)10-11-23(13-15-26-22(16-23)19(3)4)12-14-24-17-20-6-8-21(25-5)9-7-20/h6-9,18-19,22,24H,10-17H2,1-5H3/p+1/t22-,23-/m0/s1. The number of quaternary nitrogens is 1. The quantitative estimate of drug-likeness (QED) is 0.626. The number of ether oxygens (including phenoxy) is 2. The molecule has 1 saturated heterocycles. The molecule has 26 heavy (non-hydrogen) atoms. The predicted molar refractivity (Wildman–Crippen MR) is 108 cm³/mol. The van der Waals surface area contributed by atoms with Crippen LogP contribution in [0.15, 0.2) is 24.3 Å². The maximum atomic E-state index is 6.08. The molecular weight excluding hydrogens is 322 g/mol. The van der Waals surface area contributed by atoms with Crippen molar-refractivity contribution in [1.82, 2.24) is 0 Å². The van der Waals surface area contributed by atoms with Crippen LogP contribution >= 0.6 is 0 Å². The summed E-state index contributed by atoms with van der Waals surface area (Å²) in [7, 11) is 1.72. The SMILES string of the molecule is COc1ccc(C[NH2+]CC[C@@]2(CCC(C)C)CCO[C@H](C(C)C)C2)cc1. The molecule has 1 aliphatic rings. The molecule has 0 amide bonds. The maximum absolute atomic E-state index is 6.08. The summed E-state index contributed by atoms with van der Waals surface area (Å²) >= 11 is 0. The summed E-state index contributed by atoms with van der Waals surface area (Å²) in [6, 6.07) is 8.46. The minimum atomic E-state index is 0.442. The average Bonchev–Trinajstić information content (AvgIpc) is 2.64. The van der Waals surface area contributed by atoms with E-state index < -0.39 is 0 Å². The summed E-state index contributed by atoms with van der Waals surface area (Å²) in [5.41, 5.74) is 1.85. The molecule has 148 valence electrons. The van der Waals surface area contributed by atoms with E-state index in [1.165, 1.54) is 44.2 Å². The molecule has 0 aromatic heterocycles. The molecule has 0 bridgehead atoms. The molecule has 0 radical (unpaired) electrons. The van der Waals surface area contributed by atoms with Crippen LogP contribution in [0.5, 0.6) is 5.75 Å².